The predicted octanol–water partition coefficient (Wildman–Crippen LogP) is 2.06. The van der Waals surface area contributed by atoms with Gasteiger partial charge in [-0.2, -0.15) is 4.98 Å². The summed E-state index contributed by atoms with van der Waals surface area (Å²) in [4.78, 5) is 4.27. The maximum atomic E-state index is 5.43. The van der Waals surface area contributed by atoms with Crippen molar-refractivity contribution in [1.82, 2.24) is 10.1 Å². The van der Waals surface area contributed by atoms with E-state index in [1.165, 1.54) is 12.8 Å². The lowest BCUT2D eigenvalue weighted by Crippen LogP contribution is -1.98. The quantitative estimate of drug-likeness (QED) is 0.635. The zero-order valence-electron chi connectivity index (χ0n) is 10.7. The number of hydrogen-bond donors (Lipinski definition) is 1. The maximum absolute atomic E-state index is 5.43. The van der Waals surface area contributed by atoms with Crippen LogP contribution in [0.15, 0.2) is 4.52 Å². The van der Waals surface area contributed by atoms with Gasteiger partial charge >= 0.3 is 0 Å². The molecule has 0 aliphatic rings. The van der Waals surface area contributed by atoms with Crippen molar-refractivity contribution in [3.8, 4) is 0 Å². The SMILES string of the molecule is CCCOCc1noc(CCCCCCN)n1. The molecule has 0 unspecified atom stereocenters. The van der Waals surface area contributed by atoms with Gasteiger partial charge in [-0.1, -0.05) is 24.9 Å². The average molecular weight is 241 g/mol. The highest BCUT2D eigenvalue weighted by Crippen LogP contribution is 2.06. The van der Waals surface area contributed by atoms with E-state index < -0.39 is 0 Å². The van der Waals surface area contributed by atoms with Crippen LogP contribution < -0.4 is 5.73 Å². The maximum Gasteiger partial charge on any atom is 0.226 e. The molecule has 0 bridgehead atoms. The second-order valence-electron chi connectivity index (χ2n) is 4.11. The summed E-state index contributed by atoms with van der Waals surface area (Å²) in [6, 6.07) is 0. The fourth-order valence-corrected chi connectivity index (χ4v) is 1.53. The molecule has 1 aromatic rings. The van der Waals surface area contributed by atoms with E-state index in [9.17, 15) is 0 Å². The molecular weight excluding hydrogens is 218 g/mol. The number of nitrogens with zero attached hydrogens (tertiary/aromatic N) is 2. The Labute approximate surface area is 103 Å². The van der Waals surface area contributed by atoms with Crippen LogP contribution >= 0.6 is 0 Å². The molecule has 2 N–H and O–H groups in total. The Morgan fingerprint density at radius 1 is 1.24 bits per heavy atom. The van der Waals surface area contributed by atoms with E-state index in [0.29, 0.717) is 18.3 Å². The molecule has 0 aliphatic heterocycles. The fraction of sp³-hybridized carbons (Fsp3) is 0.833. The third-order valence-corrected chi connectivity index (χ3v) is 2.43. The summed E-state index contributed by atoms with van der Waals surface area (Å²) >= 11 is 0. The summed E-state index contributed by atoms with van der Waals surface area (Å²) in [5.41, 5.74) is 5.43. The highest BCUT2D eigenvalue weighted by Gasteiger charge is 2.05. The van der Waals surface area contributed by atoms with Crippen molar-refractivity contribution < 1.29 is 9.26 Å². The van der Waals surface area contributed by atoms with Gasteiger partial charge in [-0.25, -0.2) is 0 Å². The van der Waals surface area contributed by atoms with Crippen LogP contribution in [0.5, 0.6) is 0 Å². The lowest BCUT2D eigenvalue weighted by molar-refractivity contribution is 0.114. The van der Waals surface area contributed by atoms with Gasteiger partial charge in [-0.05, 0) is 25.8 Å². The third-order valence-electron chi connectivity index (χ3n) is 2.43. The Morgan fingerprint density at radius 3 is 2.82 bits per heavy atom. The predicted molar refractivity (Wildman–Crippen MR) is 65.5 cm³/mol. The lowest BCUT2D eigenvalue weighted by atomic mass is 10.1. The van der Waals surface area contributed by atoms with Crippen LogP contribution in [-0.2, 0) is 17.8 Å². The molecule has 0 spiro atoms. The summed E-state index contributed by atoms with van der Waals surface area (Å²) in [7, 11) is 0. The summed E-state index contributed by atoms with van der Waals surface area (Å²) in [6.45, 7) is 4.04. The van der Waals surface area contributed by atoms with Crippen molar-refractivity contribution in [2.24, 2.45) is 5.73 Å². The Kier molecular flexibility index (Phi) is 7.58. The van der Waals surface area contributed by atoms with Crippen molar-refractivity contribution >= 4 is 0 Å². The Hall–Kier alpha value is -0.940. The molecular formula is C12H23N3O2. The molecule has 1 rings (SSSR count). The van der Waals surface area contributed by atoms with Gasteiger partial charge in [0.25, 0.3) is 0 Å². The van der Waals surface area contributed by atoms with Crippen LogP contribution in [0.4, 0.5) is 0 Å². The average Bonchev–Trinajstić information content (AvgIpc) is 2.77. The molecule has 5 heteroatoms. The summed E-state index contributed by atoms with van der Waals surface area (Å²) < 4.78 is 10.5. The minimum atomic E-state index is 0.449. The molecule has 0 aliphatic carbocycles. The molecule has 0 radical (unpaired) electrons. The van der Waals surface area contributed by atoms with E-state index >= 15 is 0 Å². The second kappa shape index (κ2) is 9.13. The zero-order valence-corrected chi connectivity index (χ0v) is 10.7. The van der Waals surface area contributed by atoms with Gasteiger partial charge in [0.05, 0.1) is 0 Å². The number of aromatic nitrogens is 2. The number of hydrogen-bond acceptors (Lipinski definition) is 5. The monoisotopic (exact) mass is 241 g/mol. The normalized spacial score (nSPS) is 10.9. The zero-order chi connectivity index (χ0) is 12.3. The van der Waals surface area contributed by atoms with E-state index in [0.717, 1.165) is 38.8 Å². The fourth-order valence-electron chi connectivity index (χ4n) is 1.53. The van der Waals surface area contributed by atoms with Crippen molar-refractivity contribution in [1.29, 1.82) is 0 Å². The molecule has 1 aromatic heterocycles. The first-order valence-electron chi connectivity index (χ1n) is 6.46. The number of rotatable bonds is 10. The number of aryl methyl sites for hydroxylation is 1. The first-order valence-corrected chi connectivity index (χ1v) is 6.46. The molecule has 98 valence electrons. The van der Waals surface area contributed by atoms with Crippen LogP contribution in [0.1, 0.15) is 50.7 Å². The van der Waals surface area contributed by atoms with Crippen molar-refractivity contribution in [2.45, 2.75) is 52.1 Å². The first kappa shape index (κ1) is 14.1. The van der Waals surface area contributed by atoms with E-state index in [1.807, 2.05) is 0 Å². The van der Waals surface area contributed by atoms with Crippen LogP contribution in [0.2, 0.25) is 0 Å². The van der Waals surface area contributed by atoms with Crippen molar-refractivity contribution in [3.63, 3.8) is 0 Å². The van der Waals surface area contributed by atoms with Crippen LogP contribution in [-0.4, -0.2) is 23.3 Å². The van der Waals surface area contributed by atoms with Crippen LogP contribution in [0, 0.1) is 0 Å². The highest BCUT2D eigenvalue weighted by atomic mass is 16.5. The van der Waals surface area contributed by atoms with E-state index in [1.54, 1.807) is 0 Å². The summed E-state index contributed by atoms with van der Waals surface area (Å²) in [5.74, 6) is 1.36. The largest absolute Gasteiger partial charge is 0.373 e. The number of nitrogens with two attached hydrogens (primary N) is 1. The molecule has 0 saturated carbocycles. The lowest BCUT2D eigenvalue weighted by Gasteiger charge is -1.96. The van der Waals surface area contributed by atoms with E-state index in [2.05, 4.69) is 17.1 Å². The van der Waals surface area contributed by atoms with Crippen molar-refractivity contribution in [3.05, 3.63) is 11.7 Å². The Morgan fingerprint density at radius 2 is 2.06 bits per heavy atom. The standard InChI is InChI=1S/C12H23N3O2/c1-2-9-16-10-11-14-12(17-15-11)7-5-3-4-6-8-13/h2-10,13H2,1H3. The van der Waals surface area contributed by atoms with E-state index in [4.69, 9.17) is 15.0 Å². The topological polar surface area (TPSA) is 74.2 Å². The third kappa shape index (κ3) is 6.38. The minimum Gasteiger partial charge on any atom is -0.373 e. The second-order valence-corrected chi connectivity index (χ2v) is 4.11. The summed E-state index contributed by atoms with van der Waals surface area (Å²) in [5, 5.41) is 3.87. The van der Waals surface area contributed by atoms with Gasteiger partial charge in [-0.3, -0.25) is 0 Å². The van der Waals surface area contributed by atoms with Gasteiger partial charge < -0.3 is 15.0 Å². The molecule has 1 heterocycles. The molecule has 0 amide bonds. The molecule has 0 fully saturated rings. The Bertz CT molecular complexity index is 289. The summed E-state index contributed by atoms with van der Waals surface area (Å²) in [6.07, 6.45) is 6.38. The van der Waals surface area contributed by atoms with Crippen molar-refractivity contribution in [2.75, 3.05) is 13.2 Å². The number of unbranched alkanes of at least 4 members (excludes halogenated alkanes) is 3. The molecule has 17 heavy (non-hydrogen) atoms. The molecule has 0 saturated heterocycles. The van der Waals surface area contributed by atoms with Gasteiger partial charge in [0.2, 0.25) is 5.89 Å². The highest BCUT2D eigenvalue weighted by molar-refractivity contribution is 4.84. The van der Waals surface area contributed by atoms with Gasteiger partial charge in [0, 0.05) is 13.0 Å². The minimum absolute atomic E-state index is 0.449. The molecule has 0 aromatic carbocycles. The van der Waals surface area contributed by atoms with Crippen LogP contribution in [0.25, 0.3) is 0 Å². The Balaban J connectivity index is 2.12. The molecule has 0 atom stereocenters. The molecule has 5 nitrogen and oxygen atoms in total. The van der Waals surface area contributed by atoms with Gasteiger partial charge in [0.15, 0.2) is 5.82 Å². The van der Waals surface area contributed by atoms with Gasteiger partial charge in [-0.15, -0.1) is 0 Å². The first-order chi connectivity index (χ1) is 8.36. The van der Waals surface area contributed by atoms with E-state index in [-0.39, 0.29) is 0 Å². The smallest absolute Gasteiger partial charge is 0.226 e. The van der Waals surface area contributed by atoms with Crippen LogP contribution in [0.3, 0.4) is 0 Å². The number of ether oxygens (including phenoxy) is 1. The van der Waals surface area contributed by atoms with Gasteiger partial charge in [0.1, 0.15) is 6.61 Å².